The molecule has 0 aliphatic carbocycles. The van der Waals surface area contributed by atoms with Crippen LogP contribution in [0.25, 0.3) is 0 Å². The van der Waals surface area contributed by atoms with E-state index in [9.17, 15) is 4.79 Å². The predicted molar refractivity (Wildman–Crippen MR) is 103 cm³/mol. The van der Waals surface area contributed by atoms with E-state index in [1.165, 1.54) is 5.56 Å². The van der Waals surface area contributed by atoms with E-state index in [2.05, 4.69) is 15.6 Å². The highest BCUT2D eigenvalue weighted by molar-refractivity contribution is 5.92. The second-order valence-corrected chi connectivity index (χ2v) is 5.96. The number of nitrogens with one attached hydrogen (secondary N) is 2. The van der Waals surface area contributed by atoms with Crippen LogP contribution < -0.4 is 15.4 Å². The Kier molecular flexibility index (Phi) is 5.49. The monoisotopic (exact) mass is 347 g/mol. The molecule has 0 aliphatic heterocycles. The van der Waals surface area contributed by atoms with Crippen LogP contribution in [0.2, 0.25) is 0 Å². The van der Waals surface area contributed by atoms with E-state index >= 15 is 0 Å². The van der Waals surface area contributed by atoms with Crippen molar-refractivity contribution in [3.8, 4) is 5.75 Å². The molecule has 3 aromatic rings. The Hall–Kier alpha value is -3.34. The van der Waals surface area contributed by atoms with Crippen molar-refractivity contribution in [3.05, 3.63) is 83.7 Å². The van der Waals surface area contributed by atoms with Gasteiger partial charge in [0.1, 0.15) is 11.4 Å². The minimum Gasteiger partial charge on any atom is -0.497 e. The maximum atomic E-state index is 12.2. The Balaban J connectivity index is 1.59. The Morgan fingerprint density at radius 3 is 2.54 bits per heavy atom. The summed E-state index contributed by atoms with van der Waals surface area (Å²) in [5, 5.41) is 6.11. The number of methoxy groups -OCH3 is 1. The first-order valence-electron chi connectivity index (χ1n) is 8.35. The van der Waals surface area contributed by atoms with Crippen LogP contribution in [-0.4, -0.2) is 18.0 Å². The van der Waals surface area contributed by atoms with Crippen LogP contribution in [0.15, 0.2) is 66.9 Å². The molecule has 0 saturated heterocycles. The zero-order valence-corrected chi connectivity index (χ0v) is 14.8. The summed E-state index contributed by atoms with van der Waals surface area (Å²) in [6, 6.07) is 19.2. The van der Waals surface area contributed by atoms with Crippen molar-refractivity contribution >= 4 is 17.3 Å². The second-order valence-electron chi connectivity index (χ2n) is 5.96. The van der Waals surface area contributed by atoms with Gasteiger partial charge in [0.25, 0.3) is 5.91 Å². The number of aromatic nitrogens is 1. The van der Waals surface area contributed by atoms with Gasteiger partial charge in [-0.3, -0.25) is 4.79 Å². The van der Waals surface area contributed by atoms with E-state index in [-0.39, 0.29) is 5.91 Å². The zero-order valence-electron chi connectivity index (χ0n) is 14.8. The van der Waals surface area contributed by atoms with Gasteiger partial charge in [-0.1, -0.05) is 35.9 Å². The van der Waals surface area contributed by atoms with E-state index < -0.39 is 0 Å². The number of nitrogens with zero attached hydrogens (tertiary/aromatic N) is 1. The van der Waals surface area contributed by atoms with Gasteiger partial charge in [-0.15, -0.1) is 0 Å². The molecule has 0 atom stereocenters. The topological polar surface area (TPSA) is 63.2 Å². The van der Waals surface area contributed by atoms with E-state index in [0.29, 0.717) is 12.2 Å². The molecule has 0 aliphatic rings. The number of rotatable bonds is 6. The molecule has 1 aromatic heterocycles. The van der Waals surface area contributed by atoms with Crippen LogP contribution in [0.3, 0.4) is 0 Å². The quantitative estimate of drug-likeness (QED) is 0.705. The maximum Gasteiger partial charge on any atom is 0.270 e. The molecule has 5 heteroatoms. The molecule has 0 spiro atoms. The van der Waals surface area contributed by atoms with Gasteiger partial charge in [0.15, 0.2) is 0 Å². The second kappa shape index (κ2) is 8.16. The van der Waals surface area contributed by atoms with Crippen LogP contribution in [0.5, 0.6) is 5.75 Å². The van der Waals surface area contributed by atoms with Crippen molar-refractivity contribution in [3.63, 3.8) is 0 Å². The largest absolute Gasteiger partial charge is 0.497 e. The molecule has 2 N–H and O–H groups in total. The maximum absolute atomic E-state index is 12.2. The van der Waals surface area contributed by atoms with Crippen molar-refractivity contribution in [2.45, 2.75) is 13.5 Å². The summed E-state index contributed by atoms with van der Waals surface area (Å²) in [5.41, 5.74) is 4.32. The van der Waals surface area contributed by atoms with Crippen molar-refractivity contribution < 1.29 is 9.53 Å². The molecule has 3 rings (SSSR count). The van der Waals surface area contributed by atoms with Gasteiger partial charge in [-0.2, -0.15) is 0 Å². The van der Waals surface area contributed by atoms with Crippen LogP contribution in [-0.2, 0) is 6.54 Å². The molecule has 1 amide bonds. The third kappa shape index (κ3) is 4.60. The molecule has 0 radical (unpaired) electrons. The number of carbonyl (C=O) groups excluding carboxylic acids is 1. The molecule has 5 nitrogen and oxygen atoms in total. The fourth-order valence-corrected chi connectivity index (χ4v) is 2.45. The number of hydrogen-bond donors (Lipinski definition) is 2. The number of amides is 1. The smallest absolute Gasteiger partial charge is 0.270 e. The number of carbonyl (C=O) groups is 1. The molecule has 0 unspecified atom stereocenters. The lowest BCUT2D eigenvalue weighted by molar-refractivity contribution is 0.0946. The van der Waals surface area contributed by atoms with Gasteiger partial charge in [-0.25, -0.2) is 4.98 Å². The van der Waals surface area contributed by atoms with Crippen LogP contribution >= 0.6 is 0 Å². The molecule has 0 bridgehead atoms. The summed E-state index contributed by atoms with van der Waals surface area (Å²) < 4.78 is 5.20. The fraction of sp³-hybridized carbons (Fsp3) is 0.143. The fourth-order valence-electron chi connectivity index (χ4n) is 2.45. The lowest BCUT2D eigenvalue weighted by Crippen LogP contribution is -2.23. The number of anilines is 2. The summed E-state index contributed by atoms with van der Waals surface area (Å²) in [5.74, 6) is 0.577. The van der Waals surface area contributed by atoms with Crippen molar-refractivity contribution in [2.24, 2.45) is 0 Å². The summed E-state index contributed by atoms with van der Waals surface area (Å²) >= 11 is 0. The lowest BCUT2D eigenvalue weighted by atomic mass is 10.1. The van der Waals surface area contributed by atoms with Crippen LogP contribution in [0, 0.1) is 6.92 Å². The van der Waals surface area contributed by atoms with Gasteiger partial charge in [-0.05, 0) is 36.8 Å². The number of benzene rings is 2. The number of hydrogen-bond acceptors (Lipinski definition) is 4. The third-order valence-electron chi connectivity index (χ3n) is 3.93. The molecule has 1 heterocycles. The summed E-state index contributed by atoms with van der Waals surface area (Å²) in [6.45, 7) is 2.51. The van der Waals surface area contributed by atoms with E-state index in [4.69, 9.17) is 4.74 Å². The van der Waals surface area contributed by atoms with Crippen molar-refractivity contribution in [1.29, 1.82) is 0 Å². The van der Waals surface area contributed by atoms with Crippen molar-refractivity contribution in [2.75, 3.05) is 12.4 Å². The van der Waals surface area contributed by atoms with Crippen molar-refractivity contribution in [1.82, 2.24) is 10.3 Å². The van der Waals surface area contributed by atoms with Crippen LogP contribution in [0.1, 0.15) is 21.6 Å². The lowest BCUT2D eigenvalue weighted by Gasteiger charge is -2.09. The summed E-state index contributed by atoms with van der Waals surface area (Å²) in [6.07, 6.45) is 1.64. The highest BCUT2D eigenvalue weighted by Crippen LogP contribution is 2.20. The molecule has 132 valence electrons. The predicted octanol–water partition coefficient (Wildman–Crippen LogP) is 4.07. The zero-order chi connectivity index (χ0) is 18.4. The molecule has 2 aromatic carbocycles. The van der Waals surface area contributed by atoms with Gasteiger partial charge in [0.2, 0.25) is 0 Å². The van der Waals surface area contributed by atoms with E-state index in [0.717, 1.165) is 22.7 Å². The first-order valence-corrected chi connectivity index (χ1v) is 8.35. The summed E-state index contributed by atoms with van der Waals surface area (Å²) in [4.78, 5) is 16.5. The number of aryl methyl sites for hydroxylation is 1. The Morgan fingerprint density at radius 2 is 1.85 bits per heavy atom. The average molecular weight is 347 g/mol. The number of ether oxygens (including phenoxy) is 1. The molecular weight excluding hydrogens is 326 g/mol. The molecule has 0 fully saturated rings. The van der Waals surface area contributed by atoms with Crippen LogP contribution in [0.4, 0.5) is 11.4 Å². The van der Waals surface area contributed by atoms with Gasteiger partial charge < -0.3 is 15.4 Å². The minimum atomic E-state index is -0.196. The summed E-state index contributed by atoms with van der Waals surface area (Å²) in [7, 11) is 1.63. The minimum absolute atomic E-state index is 0.196. The Morgan fingerprint density at radius 1 is 1.04 bits per heavy atom. The standard InChI is InChI=1S/C21H21N3O2/c1-15-6-8-16(9-7-15)13-23-21(25)20-11-10-18(14-22-20)24-17-4-3-5-19(12-17)26-2/h3-12,14,24H,13H2,1-2H3,(H,23,25). The SMILES string of the molecule is COc1cccc(Nc2ccc(C(=O)NCc3ccc(C)cc3)nc2)c1. The third-order valence-corrected chi connectivity index (χ3v) is 3.93. The molecule has 26 heavy (non-hydrogen) atoms. The van der Waals surface area contributed by atoms with E-state index in [1.807, 2.05) is 61.5 Å². The highest BCUT2D eigenvalue weighted by atomic mass is 16.5. The molecular formula is C21H21N3O2. The van der Waals surface area contributed by atoms with Gasteiger partial charge in [0.05, 0.1) is 19.0 Å². The van der Waals surface area contributed by atoms with E-state index in [1.54, 1.807) is 19.4 Å². The average Bonchev–Trinajstić information content (AvgIpc) is 2.68. The first kappa shape index (κ1) is 17.5. The molecule has 0 saturated carbocycles. The Bertz CT molecular complexity index is 875. The number of pyridine rings is 1. The van der Waals surface area contributed by atoms with Gasteiger partial charge in [0, 0.05) is 18.3 Å². The Labute approximate surface area is 153 Å². The normalized spacial score (nSPS) is 10.2. The highest BCUT2D eigenvalue weighted by Gasteiger charge is 2.07. The van der Waals surface area contributed by atoms with Gasteiger partial charge >= 0.3 is 0 Å². The first-order chi connectivity index (χ1) is 12.6.